The van der Waals surface area contributed by atoms with Crippen LogP contribution in [-0.2, 0) is 9.53 Å². The van der Waals surface area contributed by atoms with Crippen molar-refractivity contribution in [2.45, 2.75) is 31.5 Å². The van der Waals surface area contributed by atoms with Crippen LogP contribution >= 0.6 is 0 Å². The number of rotatable bonds is 4. The predicted octanol–water partition coefficient (Wildman–Crippen LogP) is 2.08. The molecule has 0 radical (unpaired) electrons. The molecule has 0 aliphatic carbocycles. The summed E-state index contributed by atoms with van der Waals surface area (Å²) in [4.78, 5) is 23.0. The molecule has 2 saturated heterocycles. The summed E-state index contributed by atoms with van der Waals surface area (Å²) in [6.07, 6.45) is 2.55. The van der Waals surface area contributed by atoms with Gasteiger partial charge in [-0.15, -0.1) is 0 Å². The van der Waals surface area contributed by atoms with Crippen molar-refractivity contribution in [1.29, 1.82) is 0 Å². The van der Waals surface area contributed by atoms with Crippen LogP contribution in [0.2, 0.25) is 0 Å². The molecule has 1 amide bonds. The van der Waals surface area contributed by atoms with Gasteiger partial charge in [-0.1, -0.05) is 0 Å². The van der Waals surface area contributed by atoms with Gasteiger partial charge in [0.15, 0.2) is 0 Å². The summed E-state index contributed by atoms with van der Waals surface area (Å²) in [5, 5.41) is 3.14. The summed E-state index contributed by atoms with van der Waals surface area (Å²) in [7, 11) is 0. The number of ether oxygens (including phenoxy) is 1. The number of nitrogens with one attached hydrogen (secondary N) is 1. The molecule has 1 aromatic heterocycles. The first-order valence-corrected chi connectivity index (χ1v) is 8.37. The quantitative estimate of drug-likeness (QED) is 0.921. The van der Waals surface area contributed by atoms with Gasteiger partial charge in [0.25, 0.3) is 0 Å². The van der Waals surface area contributed by atoms with Crippen molar-refractivity contribution in [1.82, 2.24) is 14.9 Å². The number of benzene rings is 1. The van der Waals surface area contributed by atoms with Gasteiger partial charge in [-0.2, -0.15) is 0 Å². The van der Waals surface area contributed by atoms with Crippen LogP contribution in [0.3, 0.4) is 0 Å². The number of hydrogen-bond donors (Lipinski definition) is 1. The molecule has 2 aromatic rings. The van der Waals surface area contributed by atoms with Gasteiger partial charge in [0.2, 0.25) is 5.91 Å². The molecule has 25 heavy (non-hydrogen) atoms. The van der Waals surface area contributed by atoms with E-state index in [9.17, 15) is 9.18 Å². The average Bonchev–Trinajstić information content (AvgIpc) is 3.25. The van der Waals surface area contributed by atoms with Gasteiger partial charge >= 0.3 is 0 Å². The first-order chi connectivity index (χ1) is 12.1. The van der Waals surface area contributed by atoms with Crippen molar-refractivity contribution in [3.8, 4) is 11.3 Å². The normalized spacial score (nSPS) is 22.9. The van der Waals surface area contributed by atoms with Crippen molar-refractivity contribution >= 4 is 11.7 Å². The molecule has 3 atom stereocenters. The highest BCUT2D eigenvalue weighted by atomic mass is 19.1. The van der Waals surface area contributed by atoms with Crippen molar-refractivity contribution in [2.75, 3.05) is 18.5 Å². The highest BCUT2D eigenvalue weighted by molar-refractivity contribution is 5.85. The monoisotopic (exact) mass is 342 g/mol. The molecule has 3 heterocycles. The van der Waals surface area contributed by atoms with Crippen LogP contribution in [0.4, 0.5) is 10.2 Å². The third-order valence-electron chi connectivity index (χ3n) is 4.73. The van der Waals surface area contributed by atoms with Crippen molar-refractivity contribution < 1.29 is 13.9 Å². The van der Waals surface area contributed by atoms with Gasteiger partial charge in [0, 0.05) is 18.2 Å². The molecule has 0 unspecified atom stereocenters. The average molecular weight is 342 g/mol. The Hall–Kier alpha value is -2.54. The van der Waals surface area contributed by atoms with E-state index in [-0.39, 0.29) is 23.9 Å². The fourth-order valence-electron chi connectivity index (χ4n) is 3.42. The SMILES string of the molecule is C[C@@H](Nc1cc(-c2ccc(F)cc2)ncn1)C(=O)N1C[C@@H]2C[C@H]1CO2. The van der Waals surface area contributed by atoms with Crippen molar-refractivity contribution in [3.05, 3.63) is 42.5 Å². The lowest BCUT2D eigenvalue weighted by Gasteiger charge is -2.29. The standard InChI is InChI=1S/C18H19FN4O2/c1-11(18(24)23-8-15-6-14(23)9-25-15)22-17-7-16(20-10-21-17)12-2-4-13(19)5-3-12/h2-5,7,10-11,14-15H,6,8-9H2,1H3,(H,20,21,22)/t11-,14+,15+/m1/s1. The number of carbonyl (C=O) groups is 1. The molecule has 2 fully saturated rings. The Labute approximate surface area is 145 Å². The maximum absolute atomic E-state index is 13.1. The highest BCUT2D eigenvalue weighted by Crippen LogP contribution is 2.28. The minimum Gasteiger partial charge on any atom is -0.374 e. The minimum atomic E-state index is -0.393. The van der Waals surface area contributed by atoms with Gasteiger partial charge in [-0.05, 0) is 37.6 Å². The molecule has 130 valence electrons. The van der Waals surface area contributed by atoms with E-state index in [1.807, 2.05) is 11.8 Å². The first-order valence-electron chi connectivity index (χ1n) is 8.37. The largest absolute Gasteiger partial charge is 0.374 e. The zero-order valence-electron chi connectivity index (χ0n) is 13.9. The Morgan fingerprint density at radius 1 is 1.36 bits per heavy atom. The Bertz CT molecular complexity index is 783. The molecule has 2 aliphatic heterocycles. The Kier molecular flexibility index (Phi) is 4.09. The molecular formula is C18H19FN4O2. The molecule has 0 spiro atoms. The zero-order chi connectivity index (χ0) is 17.4. The van der Waals surface area contributed by atoms with Crippen LogP contribution in [0.25, 0.3) is 11.3 Å². The number of fused-ring (bicyclic) bond motifs is 2. The van der Waals surface area contributed by atoms with E-state index in [0.717, 1.165) is 12.0 Å². The summed E-state index contributed by atoms with van der Waals surface area (Å²) in [6, 6.07) is 7.67. The number of morpholine rings is 1. The van der Waals surface area contributed by atoms with E-state index >= 15 is 0 Å². The molecule has 1 N–H and O–H groups in total. The maximum atomic E-state index is 13.1. The molecule has 2 bridgehead atoms. The Morgan fingerprint density at radius 2 is 2.16 bits per heavy atom. The number of halogens is 1. The van der Waals surface area contributed by atoms with Crippen LogP contribution in [0.15, 0.2) is 36.7 Å². The van der Waals surface area contributed by atoms with E-state index in [1.165, 1.54) is 18.5 Å². The van der Waals surface area contributed by atoms with Crippen LogP contribution < -0.4 is 5.32 Å². The van der Waals surface area contributed by atoms with Crippen LogP contribution in [0, 0.1) is 5.82 Å². The van der Waals surface area contributed by atoms with Crippen LogP contribution in [0.1, 0.15) is 13.3 Å². The number of aromatic nitrogens is 2. The Morgan fingerprint density at radius 3 is 2.84 bits per heavy atom. The van der Waals surface area contributed by atoms with E-state index in [1.54, 1.807) is 18.2 Å². The predicted molar refractivity (Wildman–Crippen MR) is 90.4 cm³/mol. The van der Waals surface area contributed by atoms with E-state index in [4.69, 9.17) is 4.74 Å². The zero-order valence-corrected chi connectivity index (χ0v) is 13.9. The number of amides is 1. The van der Waals surface area contributed by atoms with Crippen LogP contribution in [0.5, 0.6) is 0 Å². The molecule has 6 nitrogen and oxygen atoms in total. The third kappa shape index (κ3) is 3.19. The summed E-state index contributed by atoms with van der Waals surface area (Å²) in [5.74, 6) is 0.327. The van der Waals surface area contributed by atoms with E-state index in [0.29, 0.717) is 24.7 Å². The second-order valence-corrected chi connectivity index (χ2v) is 6.50. The van der Waals surface area contributed by atoms with Crippen molar-refractivity contribution in [3.63, 3.8) is 0 Å². The lowest BCUT2D eigenvalue weighted by Crippen LogP contribution is -2.47. The summed E-state index contributed by atoms with van der Waals surface area (Å²) >= 11 is 0. The number of carbonyl (C=O) groups excluding carboxylic acids is 1. The van der Waals surface area contributed by atoms with Crippen molar-refractivity contribution in [2.24, 2.45) is 0 Å². The first kappa shape index (κ1) is 16.0. The number of anilines is 1. The molecule has 0 saturated carbocycles. The van der Waals surface area contributed by atoms with Gasteiger partial charge in [-0.3, -0.25) is 4.79 Å². The van der Waals surface area contributed by atoms with Gasteiger partial charge in [0.05, 0.1) is 24.4 Å². The van der Waals surface area contributed by atoms with Gasteiger partial charge in [0.1, 0.15) is 24.0 Å². The lowest BCUT2D eigenvalue weighted by atomic mass is 10.1. The highest BCUT2D eigenvalue weighted by Gasteiger charge is 2.42. The number of nitrogens with zero attached hydrogens (tertiary/aromatic N) is 3. The Balaban J connectivity index is 1.46. The lowest BCUT2D eigenvalue weighted by molar-refractivity contribution is -0.136. The van der Waals surface area contributed by atoms with Gasteiger partial charge in [-0.25, -0.2) is 14.4 Å². The maximum Gasteiger partial charge on any atom is 0.245 e. The summed E-state index contributed by atoms with van der Waals surface area (Å²) in [6.45, 7) is 3.13. The van der Waals surface area contributed by atoms with Crippen LogP contribution in [-0.4, -0.2) is 52.1 Å². The molecule has 4 rings (SSSR count). The number of likely N-dealkylation sites (tertiary alicyclic amines) is 1. The number of hydrogen-bond acceptors (Lipinski definition) is 5. The minimum absolute atomic E-state index is 0.0535. The topological polar surface area (TPSA) is 67.4 Å². The van der Waals surface area contributed by atoms with E-state index in [2.05, 4.69) is 15.3 Å². The smallest absolute Gasteiger partial charge is 0.245 e. The molecule has 7 heteroatoms. The molecule has 1 aromatic carbocycles. The summed E-state index contributed by atoms with van der Waals surface area (Å²) < 4.78 is 18.6. The molecular weight excluding hydrogens is 323 g/mol. The summed E-state index contributed by atoms with van der Waals surface area (Å²) in [5.41, 5.74) is 1.46. The second-order valence-electron chi connectivity index (χ2n) is 6.50. The van der Waals surface area contributed by atoms with E-state index < -0.39 is 6.04 Å². The fourth-order valence-corrected chi connectivity index (χ4v) is 3.42. The fraction of sp³-hybridized carbons (Fsp3) is 0.389. The second kappa shape index (κ2) is 6.40. The third-order valence-corrected chi connectivity index (χ3v) is 4.73. The van der Waals surface area contributed by atoms with Gasteiger partial charge < -0.3 is 15.0 Å². The molecule has 2 aliphatic rings.